The van der Waals surface area contributed by atoms with Crippen molar-refractivity contribution < 1.29 is 8.81 Å². The molecular weight excluding hydrogens is 470 g/mol. The van der Waals surface area contributed by atoms with Crippen LogP contribution in [0.4, 0.5) is 4.39 Å². The number of rotatable bonds is 6. The van der Waals surface area contributed by atoms with Crippen LogP contribution in [0.2, 0.25) is 0 Å². The first-order chi connectivity index (χ1) is 13.1. The molecule has 2 N–H and O–H groups in total. The second kappa shape index (κ2) is 10.8. The number of aliphatic imine (C=N–C) groups is 1. The molecule has 1 aromatic heterocycles. The molecule has 0 aliphatic heterocycles. The van der Waals surface area contributed by atoms with Gasteiger partial charge in [-0.2, -0.15) is 0 Å². The van der Waals surface area contributed by atoms with Gasteiger partial charge in [0.2, 0.25) is 5.89 Å². The normalized spacial score (nSPS) is 11.0. The molecule has 1 heterocycles. The van der Waals surface area contributed by atoms with Crippen molar-refractivity contribution >= 4 is 29.9 Å². The molecule has 7 heteroatoms. The van der Waals surface area contributed by atoms with Gasteiger partial charge in [-0.1, -0.05) is 29.8 Å². The first-order valence-electron chi connectivity index (χ1n) is 8.84. The summed E-state index contributed by atoms with van der Waals surface area (Å²) in [6.45, 7) is 3.19. The van der Waals surface area contributed by atoms with Crippen molar-refractivity contribution in [3.05, 3.63) is 77.4 Å². The number of aryl methyl sites for hydroxylation is 1. The number of hydrogen-bond donors (Lipinski definition) is 2. The van der Waals surface area contributed by atoms with Crippen molar-refractivity contribution in [2.45, 2.75) is 19.9 Å². The summed E-state index contributed by atoms with van der Waals surface area (Å²) in [6.07, 6.45) is 2.35. The van der Waals surface area contributed by atoms with Gasteiger partial charge in [0, 0.05) is 19.2 Å². The maximum absolute atomic E-state index is 13.2. The van der Waals surface area contributed by atoms with E-state index in [1.165, 1.54) is 11.6 Å². The molecule has 0 spiro atoms. The first kappa shape index (κ1) is 21.9. The van der Waals surface area contributed by atoms with Gasteiger partial charge in [-0.3, -0.25) is 4.99 Å². The van der Waals surface area contributed by atoms with Crippen LogP contribution in [0.25, 0.3) is 11.5 Å². The van der Waals surface area contributed by atoms with E-state index in [0.29, 0.717) is 31.4 Å². The van der Waals surface area contributed by atoms with Crippen molar-refractivity contribution in [1.82, 2.24) is 15.6 Å². The zero-order chi connectivity index (χ0) is 19.1. The lowest BCUT2D eigenvalue weighted by Crippen LogP contribution is -2.37. The largest absolute Gasteiger partial charge is 0.444 e. The van der Waals surface area contributed by atoms with Crippen LogP contribution in [0.3, 0.4) is 0 Å². The van der Waals surface area contributed by atoms with E-state index < -0.39 is 0 Å². The van der Waals surface area contributed by atoms with Gasteiger partial charge in [-0.15, -0.1) is 24.0 Å². The fourth-order valence-corrected chi connectivity index (χ4v) is 2.63. The molecule has 0 radical (unpaired) electrons. The highest BCUT2D eigenvalue weighted by Crippen LogP contribution is 2.18. The second-order valence-electron chi connectivity index (χ2n) is 6.24. The molecule has 0 aliphatic rings. The minimum absolute atomic E-state index is 0. The molecular formula is C21H24FIN4O. The number of oxazole rings is 1. The first-order valence-corrected chi connectivity index (χ1v) is 8.84. The summed E-state index contributed by atoms with van der Waals surface area (Å²) in [5.74, 6) is 1.04. The van der Waals surface area contributed by atoms with Crippen LogP contribution in [-0.4, -0.2) is 24.5 Å². The lowest BCUT2D eigenvalue weighted by molar-refractivity contribution is 0.572. The van der Waals surface area contributed by atoms with E-state index in [1.54, 1.807) is 25.4 Å². The number of nitrogens with one attached hydrogen (secondary N) is 2. The maximum Gasteiger partial charge on any atom is 0.226 e. The van der Waals surface area contributed by atoms with Crippen molar-refractivity contribution in [3.8, 4) is 11.5 Å². The third-order valence-corrected chi connectivity index (χ3v) is 4.11. The van der Waals surface area contributed by atoms with E-state index in [-0.39, 0.29) is 29.8 Å². The summed E-state index contributed by atoms with van der Waals surface area (Å²) in [5, 5.41) is 6.41. The Balaban J connectivity index is 0.00000280. The monoisotopic (exact) mass is 494 g/mol. The molecule has 0 atom stereocenters. The van der Waals surface area contributed by atoms with Gasteiger partial charge in [0.15, 0.2) is 5.96 Å². The highest BCUT2D eigenvalue weighted by molar-refractivity contribution is 14.0. The summed E-state index contributed by atoms with van der Waals surface area (Å²) >= 11 is 0. The minimum Gasteiger partial charge on any atom is -0.444 e. The van der Waals surface area contributed by atoms with Crippen LogP contribution in [0.5, 0.6) is 0 Å². The van der Waals surface area contributed by atoms with E-state index in [0.717, 1.165) is 16.8 Å². The molecule has 0 saturated carbocycles. The standard InChI is InChI=1S/C21H23FN4O.HI/c1-15-6-8-17(9-7-15)20-26-19(14-27-20)13-25-21(23-2)24-11-10-16-4-3-5-18(22)12-16;/h3-9,12,14H,10-11,13H2,1-2H3,(H2,23,24,25);1H. The summed E-state index contributed by atoms with van der Waals surface area (Å²) in [5.41, 5.74) is 3.88. The molecule has 5 nitrogen and oxygen atoms in total. The van der Waals surface area contributed by atoms with Gasteiger partial charge >= 0.3 is 0 Å². The number of guanidine groups is 1. The highest BCUT2D eigenvalue weighted by Gasteiger charge is 2.07. The zero-order valence-corrected chi connectivity index (χ0v) is 18.2. The molecule has 28 heavy (non-hydrogen) atoms. The quantitative estimate of drug-likeness (QED) is 0.305. The van der Waals surface area contributed by atoms with Gasteiger partial charge in [-0.25, -0.2) is 9.37 Å². The van der Waals surface area contributed by atoms with Crippen LogP contribution in [-0.2, 0) is 13.0 Å². The van der Waals surface area contributed by atoms with E-state index in [9.17, 15) is 4.39 Å². The topological polar surface area (TPSA) is 62.5 Å². The number of hydrogen-bond acceptors (Lipinski definition) is 3. The van der Waals surface area contributed by atoms with Gasteiger partial charge in [-0.05, 0) is 43.2 Å². The molecule has 0 aliphatic carbocycles. The Kier molecular flexibility index (Phi) is 8.43. The molecule has 2 aromatic carbocycles. The highest BCUT2D eigenvalue weighted by atomic mass is 127. The average molecular weight is 494 g/mol. The van der Waals surface area contributed by atoms with Crippen LogP contribution in [0.15, 0.2) is 64.2 Å². The Labute approximate surface area is 181 Å². The smallest absolute Gasteiger partial charge is 0.226 e. The Hall–Kier alpha value is -2.42. The van der Waals surface area contributed by atoms with Crippen LogP contribution in [0, 0.1) is 12.7 Å². The Morgan fingerprint density at radius 3 is 2.64 bits per heavy atom. The van der Waals surface area contributed by atoms with Crippen molar-refractivity contribution in [3.63, 3.8) is 0 Å². The van der Waals surface area contributed by atoms with E-state index >= 15 is 0 Å². The van der Waals surface area contributed by atoms with Gasteiger partial charge in [0.25, 0.3) is 0 Å². The number of halogens is 2. The predicted octanol–water partition coefficient (Wildman–Crippen LogP) is 4.31. The fraction of sp³-hybridized carbons (Fsp3) is 0.238. The lowest BCUT2D eigenvalue weighted by atomic mass is 10.1. The van der Waals surface area contributed by atoms with Crippen molar-refractivity contribution in [2.24, 2.45) is 4.99 Å². The molecule has 0 amide bonds. The van der Waals surface area contributed by atoms with E-state index in [4.69, 9.17) is 4.42 Å². The minimum atomic E-state index is -0.217. The van der Waals surface area contributed by atoms with Crippen LogP contribution in [0.1, 0.15) is 16.8 Å². The third-order valence-electron chi connectivity index (χ3n) is 4.11. The summed E-state index contributed by atoms with van der Waals surface area (Å²) in [7, 11) is 1.71. The third kappa shape index (κ3) is 6.33. The summed E-state index contributed by atoms with van der Waals surface area (Å²) in [6, 6.07) is 14.6. The molecule has 0 unspecified atom stereocenters. The summed E-state index contributed by atoms with van der Waals surface area (Å²) < 4.78 is 18.8. The van der Waals surface area contributed by atoms with Crippen LogP contribution >= 0.6 is 24.0 Å². The summed E-state index contributed by atoms with van der Waals surface area (Å²) in [4.78, 5) is 8.69. The Morgan fingerprint density at radius 2 is 1.93 bits per heavy atom. The SMILES string of the molecule is CN=C(NCCc1cccc(F)c1)NCc1coc(-c2ccc(C)cc2)n1.I. The number of benzene rings is 2. The van der Waals surface area contributed by atoms with Gasteiger partial charge in [0.05, 0.1) is 12.2 Å². The second-order valence-corrected chi connectivity index (χ2v) is 6.24. The zero-order valence-electron chi connectivity index (χ0n) is 15.9. The van der Waals surface area contributed by atoms with E-state index in [2.05, 4.69) is 20.6 Å². The molecule has 0 bridgehead atoms. The van der Waals surface area contributed by atoms with Crippen molar-refractivity contribution in [1.29, 1.82) is 0 Å². The predicted molar refractivity (Wildman–Crippen MR) is 120 cm³/mol. The average Bonchev–Trinajstić information content (AvgIpc) is 3.14. The molecule has 3 aromatic rings. The van der Waals surface area contributed by atoms with Gasteiger partial charge in [0.1, 0.15) is 12.1 Å². The lowest BCUT2D eigenvalue weighted by Gasteiger charge is -2.10. The number of nitrogens with zero attached hydrogens (tertiary/aromatic N) is 2. The number of aromatic nitrogens is 1. The van der Waals surface area contributed by atoms with Gasteiger partial charge < -0.3 is 15.1 Å². The van der Waals surface area contributed by atoms with E-state index in [1.807, 2.05) is 37.3 Å². The molecule has 148 valence electrons. The maximum atomic E-state index is 13.2. The Bertz CT molecular complexity index is 909. The molecule has 0 saturated heterocycles. The van der Waals surface area contributed by atoms with Crippen molar-refractivity contribution in [2.75, 3.05) is 13.6 Å². The molecule has 0 fully saturated rings. The Morgan fingerprint density at radius 1 is 1.14 bits per heavy atom. The molecule has 3 rings (SSSR count). The van der Waals surface area contributed by atoms with Crippen LogP contribution < -0.4 is 10.6 Å². The fourth-order valence-electron chi connectivity index (χ4n) is 2.63.